The number of nitrogens with one attached hydrogen (secondary N) is 1. The van der Waals surface area contributed by atoms with Gasteiger partial charge in [0.05, 0.1) is 13.7 Å². The zero-order valence-electron chi connectivity index (χ0n) is 14.3. The van der Waals surface area contributed by atoms with Crippen molar-refractivity contribution in [3.8, 4) is 11.5 Å². The van der Waals surface area contributed by atoms with E-state index in [2.05, 4.69) is 19.2 Å². The second kappa shape index (κ2) is 8.77. The SMILES string of the molecule is COc1ccc(C=CC(=O)Nc2ccc(OCC(C)C)cc2)cc1. The second-order valence-corrected chi connectivity index (χ2v) is 5.82. The van der Waals surface area contributed by atoms with Crippen LogP contribution in [0.2, 0.25) is 0 Å². The van der Waals surface area contributed by atoms with E-state index in [0.29, 0.717) is 12.5 Å². The van der Waals surface area contributed by atoms with Crippen LogP contribution >= 0.6 is 0 Å². The van der Waals surface area contributed by atoms with E-state index in [9.17, 15) is 4.79 Å². The largest absolute Gasteiger partial charge is 0.497 e. The van der Waals surface area contributed by atoms with Gasteiger partial charge in [-0.05, 0) is 54.0 Å². The molecule has 1 amide bonds. The molecule has 24 heavy (non-hydrogen) atoms. The summed E-state index contributed by atoms with van der Waals surface area (Å²) in [6, 6.07) is 14.9. The molecule has 4 nitrogen and oxygen atoms in total. The van der Waals surface area contributed by atoms with Gasteiger partial charge in [-0.3, -0.25) is 4.79 Å². The summed E-state index contributed by atoms with van der Waals surface area (Å²) < 4.78 is 10.7. The molecule has 0 radical (unpaired) electrons. The molecule has 0 aliphatic heterocycles. The van der Waals surface area contributed by atoms with Crippen molar-refractivity contribution < 1.29 is 14.3 Å². The van der Waals surface area contributed by atoms with Crippen molar-refractivity contribution in [2.75, 3.05) is 19.0 Å². The Morgan fingerprint density at radius 2 is 1.67 bits per heavy atom. The second-order valence-electron chi connectivity index (χ2n) is 5.82. The zero-order valence-corrected chi connectivity index (χ0v) is 14.3. The number of hydrogen-bond acceptors (Lipinski definition) is 3. The molecule has 0 fully saturated rings. The van der Waals surface area contributed by atoms with E-state index in [0.717, 1.165) is 22.7 Å². The van der Waals surface area contributed by atoms with E-state index < -0.39 is 0 Å². The molecule has 0 bridgehead atoms. The number of anilines is 1. The van der Waals surface area contributed by atoms with E-state index >= 15 is 0 Å². The van der Waals surface area contributed by atoms with Gasteiger partial charge >= 0.3 is 0 Å². The lowest BCUT2D eigenvalue weighted by Crippen LogP contribution is -2.08. The highest BCUT2D eigenvalue weighted by atomic mass is 16.5. The summed E-state index contributed by atoms with van der Waals surface area (Å²) in [6.07, 6.45) is 3.26. The number of carbonyl (C=O) groups is 1. The maximum absolute atomic E-state index is 12.0. The van der Waals surface area contributed by atoms with E-state index in [1.807, 2.05) is 48.5 Å². The first-order chi connectivity index (χ1) is 11.6. The molecule has 1 N–H and O–H groups in total. The number of hydrogen-bond donors (Lipinski definition) is 1. The highest BCUT2D eigenvalue weighted by molar-refractivity contribution is 6.01. The van der Waals surface area contributed by atoms with Crippen LogP contribution in [-0.2, 0) is 4.79 Å². The molecule has 0 unspecified atom stereocenters. The smallest absolute Gasteiger partial charge is 0.248 e. The summed E-state index contributed by atoms with van der Waals surface area (Å²) in [5, 5.41) is 2.82. The maximum atomic E-state index is 12.0. The standard InChI is InChI=1S/C20H23NO3/c1-15(2)14-24-19-11-7-17(8-12-19)21-20(22)13-6-16-4-9-18(23-3)10-5-16/h4-13,15H,14H2,1-3H3,(H,21,22). The monoisotopic (exact) mass is 325 g/mol. The van der Waals surface area contributed by atoms with Gasteiger partial charge in [0.25, 0.3) is 0 Å². The van der Waals surface area contributed by atoms with Crippen molar-refractivity contribution in [2.45, 2.75) is 13.8 Å². The summed E-state index contributed by atoms with van der Waals surface area (Å²) in [4.78, 5) is 12.0. The first-order valence-corrected chi connectivity index (χ1v) is 7.93. The fourth-order valence-corrected chi connectivity index (χ4v) is 1.97. The Bertz CT molecular complexity index is 673. The van der Waals surface area contributed by atoms with E-state index in [1.54, 1.807) is 13.2 Å². The Balaban J connectivity index is 1.88. The Kier molecular flexibility index (Phi) is 6.43. The van der Waals surface area contributed by atoms with E-state index in [1.165, 1.54) is 6.08 Å². The summed E-state index contributed by atoms with van der Waals surface area (Å²) in [6.45, 7) is 4.88. The molecule has 0 spiro atoms. The van der Waals surface area contributed by atoms with Gasteiger partial charge < -0.3 is 14.8 Å². The Labute approximate surface area is 143 Å². The van der Waals surface area contributed by atoms with Crippen molar-refractivity contribution in [1.82, 2.24) is 0 Å². The molecule has 0 saturated carbocycles. The van der Waals surface area contributed by atoms with Crippen LogP contribution in [0.4, 0.5) is 5.69 Å². The van der Waals surface area contributed by atoms with Crippen LogP contribution in [-0.4, -0.2) is 19.6 Å². The average Bonchev–Trinajstić information content (AvgIpc) is 2.60. The molecule has 0 saturated heterocycles. The van der Waals surface area contributed by atoms with Gasteiger partial charge in [0.1, 0.15) is 11.5 Å². The maximum Gasteiger partial charge on any atom is 0.248 e. The van der Waals surface area contributed by atoms with Crippen molar-refractivity contribution in [1.29, 1.82) is 0 Å². The van der Waals surface area contributed by atoms with Crippen molar-refractivity contribution in [3.63, 3.8) is 0 Å². The third kappa shape index (κ3) is 5.80. The molecular formula is C20H23NO3. The van der Waals surface area contributed by atoms with Gasteiger partial charge in [-0.2, -0.15) is 0 Å². The van der Waals surface area contributed by atoms with Gasteiger partial charge in [-0.15, -0.1) is 0 Å². The van der Waals surface area contributed by atoms with Crippen LogP contribution in [0, 0.1) is 5.92 Å². The van der Waals surface area contributed by atoms with E-state index in [4.69, 9.17) is 9.47 Å². The van der Waals surface area contributed by atoms with Gasteiger partial charge in [0.2, 0.25) is 5.91 Å². The number of carbonyl (C=O) groups excluding carboxylic acids is 1. The van der Waals surface area contributed by atoms with Crippen molar-refractivity contribution in [3.05, 3.63) is 60.2 Å². The molecule has 4 heteroatoms. The number of benzene rings is 2. The third-order valence-corrected chi connectivity index (χ3v) is 3.25. The third-order valence-electron chi connectivity index (χ3n) is 3.25. The number of amides is 1. The number of methoxy groups -OCH3 is 1. The minimum atomic E-state index is -0.179. The van der Waals surface area contributed by atoms with Gasteiger partial charge in [-0.1, -0.05) is 26.0 Å². The van der Waals surface area contributed by atoms with Crippen LogP contribution in [0.5, 0.6) is 11.5 Å². The Morgan fingerprint density at radius 1 is 1.04 bits per heavy atom. The Morgan fingerprint density at radius 3 is 2.25 bits per heavy atom. The molecule has 0 heterocycles. The number of ether oxygens (including phenoxy) is 2. The van der Waals surface area contributed by atoms with Crippen LogP contribution in [0.15, 0.2) is 54.6 Å². The zero-order chi connectivity index (χ0) is 17.4. The highest BCUT2D eigenvalue weighted by Crippen LogP contribution is 2.17. The molecule has 126 valence electrons. The molecule has 0 aliphatic rings. The molecule has 0 aromatic heterocycles. The summed E-state index contributed by atoms with van der Waals surface area (Å²) in [5.74, 6) is 1.89. The van der Waals surface area contributed by atoms with Crippen molar-refractivity contribution >= 4 is 17.7 Å². The van der Waals surface area contributed by atoms with Crippen LogP contribution in [0.1, 0.15) is 19.4 Å². The topological polar surface area (TPSA) is 47.6 Å². The normalized spacial score (nSPS) is 10.8. The first-order valence-electron chi connectivity index (χ1n) is 7.93. The molecule has 0 aliphatic carbocycles. The van der Waals surface area contributed by atoms with E-state index in [-0.39, 0.29) is 5.91 Å². The molecular weight excluding hydrogens is 302 g/mol. The predicted octanol–water partition coefficient (Wildman–Crippen LogP) is 4.38. The lowest BCUT2D eigenvalue weighted by molar-refractivity contribution is -0.111. The first kappa shape index (κ1) is 17.6. The fourth-order valence-electron chi connectivity index (χ4n) is 1.97. The average molecular weight is 325 g/mol. The molecule has 2 aromatic rings. The lowest BCUT2D eigenvalue weighted by Gasteiger charge is -2.09. The lowest BCUT2D eigenvalue weighted by atomic mass is 10.2. The summed E-state index contributed by atoms with van der Waals surface area (Å²) >= 11 is 0. The minimum Gasteiger partial charge on any atom is -0.497 e. The van der Waals surface area contributed by atoms with Crippen LogP contribution in [0.25, 0.3) is 6.08 Å². The van der Waals surface area contributed by atoms with Crippen LogP contribution in [0.3, 0.4) is 0 Å². The Hall–Kier alpha value is -2.75. The van der Waals surface area contributed by atoms with Gasteiger partial charge in [0.15, 0.2) is 0 Å². The van der Waals surface area contributed by atoms with Gasteiger partial charge in [0, 0.05) is 11.8 Å². The summed E-state index contributed by atoms with van der Waals surface area (Å²) in [5.41, 5.74) is 1.67. The number of rotatable bonds is 7. The van der Waals surface area contributed by atoms with Crippen LogP contribution < -0.4 is 14.8 Å². The fraction of sp³-hybridized carbons (Fsp3) is 0.250. The molecule has 2 rings (SSSR count). The molecule has 0 atom stereocenters. The van der Waals surface area contributed by atoms with Crippen molar-refractivity contribution in [2.24, 2.45) is 5.92 Å². The minimum absolute atomic E-state index is 0.179. The predicted molar refractivity (Wildman–Crippen MR) is 97.4 cm³/mol. The summed E-state index contributed by atoms with van der Waals surface area (Å²) in [7, 11) is 1.62. The highest BCUT2D eigenvalue weighted by Gasteiger charge is 2.00. The van der Waals surface area contributed by atoms with Gasteiger partial charge in [-0.25, -0.2) is 0 Å². The molecule has 2 aromatic carbocycles. The quantitative estimate of drug-likeness (QED) is 0.768.